The minimum atomic E-state index is -0.908. The summed E-state index contributed by atoms with van der Waals surface area (Å²) in [5, 5.41) is 14.4. The summed E-state index contributed by atoms with van der Waals surface area (Å²) in [7, 11) is 0. The molecule has 0 spiro atoms. The first-order chi connectivity index (χ1) is 9.93. The Labute approximate surface area is 120 Å². The summed E-state index contributed by atoms with van der Waals surface area (Å²) in [6.07, 6.45) is 2.16. The maximum Gasteiger partial charge on any atom is 0.254 e. The summed E-state index contributed by atoms with van der Waals surface area (Å²) in [6.45, 7) is 1.46. The van der Waals surface area contributed by atoms with Gasteiger partial charge in [-0.25, -0.2) is 8.78 Å². The number of hydrogen-bond acceptors (Lipinski definition) is 3. The third-order valence-corrected chi connectivity index (χ3v) is 3.82. The molecule has 4 N–H and O–H groups in total. The summed E-state index contributed by atoms with van der Waals surface area (Å²) in [5.74, 6) is -2.45. The van der Waals surface area contributed by atoms with E-state index in [1.807, 2.05) is 0 Å². The topological polar surface area (TPSA) is 87.7 Å². The molecule has 0 aromatic heterocycles. The highest BCUT2D eigenvalue weighted by Gasteiger charge is 2.32. The maximum absolute atomic E-state index is 13.7. The number of hydrogen-bond donors (Lipinski definition) is 3. The van der Waals surface area contributed by atoms with Crippen molar-refractivity contribution in [2.45, 2.75) is 32.2 Å². The zero-order chi connectivity index (χ0) is 15.6. The third kappa shape index (κ3) is 3.12. The Bertz CT molecular complexity index is 590. The van der Waals surface area contributed by atoms with Crippen molar-refractivity contribution in [2.24, 2.45) is 16.8 Å². The average Bonchev–Trinajstić information content (AvgIpc) is 2.90. The molecule has 114 valence electrons. The van der Waals surface area contributed by atoms with Crippen LogP contribution in [-0.4, -0.2) is 23.0 Å². The van der Waals surface area contributed by atoms with Gasteiger partial charge in [-0.3, -0.25) is 4.79 Å². The molecule has 1 aromatic rings. The van der Waals surface area contributed by atoms with Gasteiger partial charge in [0.25, 0.3) is 5.91 Å². The van der Waals surface area contributed by atoms with Crippen LogP contribution < -0.4 is 11.1 Å². The molecule has 1 aliphatic carbocycles. The zero-order valence-electron chi connectivity index (χ0n) is 11.6. The lowest BCUT2D eigenvalue weighted by atomic mass is 10.0. The van der Waals surface area contributed by atoms with E-state index in [1.54, 1.807) is 0 Å². The summed E-state index contributed by atoms with van der Waals surface area (Å²) < 4.78 is 26.9. The van der Waals surface area contributed by atoms with Gasteiger partial charge in [-0.2, -0.15) is 0 Å². The van der Waals surface area contributed by atoms with Gasteiger partial charge in [0.15, 0.2) is 0 Å². The van der Waals surface area contributed by atoms with Crippen LogP contribution in [0.15, 0.2) is 17.3 Å². The molecule has 5 nitrogen and oxygen atoms in total. The normalized spacial score (nSPS) is 22.3. The first-order valence-electron chi connectivity index (χ1n) is 6.68. The van der Waals surface area contributed by atoms with Crippen molar-refractivity contribution in [1.29, 1.82) is 0 Å². The molecular formula is C14H17F2N3O2. The van der Waals surface area contributed by atoms with Crippen LogP contribution in [0.25, 0.3) is 0 Å². The number of nitrogens with zero attached hydrogens (tertiary/aromatic N) is 1. The number of amidine groups is 1. The van der Waals surface area contributed by atoms with Gasteiger partial charge < -0.3 is 16.3 Å². The smallest absolute Gasteiger partial charge is 0.254 e. The molecule has 1 fully saturated rings. The van der Waals surface area contributed by atoms with E-state index in [1.165, 1.54) is 13.0 Å². The second kappa shape index (κ2) is 6.07. The molecule has 0 saturated heterocycles. The van der Waals surface area contributed by atoms with Crippen LogP contribution in [0.2, 0.25) is 0 Å². The van der Waals surface area contributed by atoms with Crippen molar-refractivity contribution in [3.63, 3.8) is 0 Å². The fraction of sp³-hybridized carbons (Fsp3) is 0.429. The maximum atomic E-state index is 13.7. The van der Waals surface area contributed by atoms with Crippen LogP contribution in [0.4, 0.5) is 8.78 Å². The Balaban J connectivity index is 2.16. The number of nitrogens with one attached hydrogen (secondary N) is 1. The highest BCUT2D eigenvalue weighted by Crippen LogP contribution is 2.26. The van der Waals surface area contributed by atoms with Gasteiger partial charge >= 0.3 is 0 Å². The van der Waals surface area contributed by atoms with Crippen LogP contribution in [-0.2, 0) is 0 Å². The number of aryl methyl sites for hydroxylation is 1. The summed E-state index contributed by atoms with van der Waals surface area (Å²) >= 11 is 0. The van der Waals surface area contributed by atoms with Gasteiger partial charge in [0.1, 0.15) is 17.5 Å². The molecule has 0 bridgehead atoms. The van der Waals surface area contributed by atoms with Crippen LogP contribution in [0.1, 0.15) is 35.2 Å². The van der Waals surface area contributed by atoms with Crippen LogP contribution in [0, 0.1) is 24.5 Å². The van der Waals surface area contributed by atoms with Gasteiger partial charge in [0.2, 0.25) is 0 Å². The first-order valence-corrected chi connectivity index (χ1v) is 6.68. The lowest BCUT2D eigenvalue weighted by Crippen LogP contribution is -2.42. The predicted molar refractivity (Wildman–Crippen MR) is 73.1 cm³/mol. The van der Waals surface area contributed by atoms with Gasteiger partial charge in [-0.1, -0.05) is 11.6 Å². The highest BCUT2D eigenvalue weighted by molar-refractivity contribution is 5.95. The van der Waals surface area contributed by atoms with E-state index in [9.17, 15) is 13.6 Å². The van der Waals surface area contributed by atoms with Crippen molar-refractivity contribution in [2.75, 3.05) is 0 Å². The fourth-order valence-corrected chi connectivity index (χ4v) is 2.64. The highest BCUT2D eigenvalue weighted by atomic mass is 19.1. The standard InChI is InChI=1S/C14H17F2N3O2/c1-7-5-9(11(16)6-10(7)15)14(20)18-12-4-2-3-8(12)13(17)19-21/h5-6,8,12,21H,2-4H2,1H3,(H2,17,19)(H,18,20). The summed E-state index contributed by atoms with van der Waals surface area (Å²) in [4.78, 5) is 12.1. The number of oxime groups is 1. The molecule has 0 radical (unpaired) electrons. The number of halogens is 2. The Kier molecular flexibility index (Phi) is 4.40. The van der Waals surface area contributed by atoms with Crippen LogP contribution >= 0.6 is 0 Å². The lowest BCUT2D eigenvalue weighted by molar-refractivity contribution is 0.0929. The van der Waals surface area contributed by atoms with E-state index >= 15 is 0 Å². The number of carbonyl (C=O) groups excluding carboxylic acids is 1. The van der Waals surface area contributed by atoms with Crippen molar-refractivity contribution < 1.29 is 18.8 Å². The van der Waals surface area contributed by atoms with Gasteiger partial charge in [0.05, 0.1) is 5.56 Å². The van der Waals surface area contributed by atoms with E-state index in [0.29, 0.717) is 18.9 Å². The molecule has 2 atom stereocenters. The molecule has 7 heteroatoms. The molecule has 0 aliphatic heterocycles. The Hall–Kier alpha value is -2.18. The number of rotatable bonds is 3. The van der Waals surface area contributed by atoms with Gasteiger partial charge in [0, 0.05) is 18.0 Å². The van der Waals surface area contributed by atoms with Gasteiger partial charge in [-0.05, 0) is 31.4 Å². The molecule has 2 unspecified atom stereocenters. The van der Waals surface area contributed by atoms with Crippen molar-refractivity contribution in [3.8, 4) is 0 Å². The zero-order valence-corrected chi connectivity index (χ0v) is 11.6. The first kappa shape index (κ1) is 15.2. The van der Waals surface area contributed by atoms with Crippen molar-refractivity contribution in [1.82, 2.24) is 5.32 Å². The van der Waals surface area contributed by atoms with E-state index in [0.717, 1.165) is 6.42 Å². The lowest BCUT2D eigenvalue weighted by Gasteiger charge is -2.20. The third-order valence-electron chi connectivity index (χ3n) is 3.82. The van der Waals surface area contributed by atoms with Crippen LogP contribution in [0.5, 0.6) is 0 Å². The minimum absolute atomic E-state index is 0.0496. The number of nitrogens with two attached hydrogens (primary N) is 1. The van der Waals surface area contributed by atoms with E-state index in [-0.39, 0.29) is 28.9 Å². The molecule has 1 saturated carbocycles. The summed E-state index contributed by atoms with van der Waals surface area (Å²) in [5.41, 5.74) is 5.57. The van der Waals surface area contributed by atoms with E-state index in [2.05, 4.69) is 10.5 Å². The van der Waals surface area contributed by atoms with Crippen LogP contribution in [0.3, 0.4) is 0 Å². The monoisotopic (exact) mass is 297 g/mol. The molecule has 0 heterocycles. The Morgan fingerprint density at radius 2 is 2.10 bits per heavy atom. The SMILES string of the molecule is Cc1cc(C(=O)NC2CCCC2/C(N)=N/O)c(F)cc1F. The second-order valence-corrected chi connectivity index (χ2v) is 5.22. The molecular weight excluding hydrogens is 280 g/mol. The molecule has 21 heavy (non-hydrogen) atoms. The van der Waals surface area contributed by atoms with Gasteiger partial charge in [-0.15, -0.1) is 0 Å². The summed E-state index contributed by atoms with van der Waals surface area (Å²) in [6, 6.07) is 1.55. The average molecular weight is 297 g/mol. The predicted octanol–water partition coefficient (Wildman–Crippen LogP) is 1.92. The number of carbonyl (C=O) groups is 1. The molecule has 1 amide bonds. The van der Waals surface area contributed by atoms with Crippen molar-refractivity contribution >= 4 is 11.7 Å². The van der Waals surface area contributed by atoms with E-state index in [4.69, 9.17) is 10.9 Å². The molecule has 1 aromatic carbocycles. The Morgan fingerprint density at radius 1 is 1.38 bits per heavy atom. The van der Waals surface area contributed by atoms with E-state index < -0.39 is 17.5 Å². The largest absolute Gasteiger partial charge is 0.409 e. The number of amides is 1. The second-order valence-electron chi connectivity index (χ2n) is 5.22. The molecule has 2 rings (SSSR count). The Morgan fingerprint density at radius 3 is 2.76 bits per heavy atom. The molecule has 1 aliphatic rings. The minimum Gasteiger partial charge on any atom is -0.409 e. The fourth-order valence-electron chi connectivity index (χ4n) is 2.64. The number of benzene rings is 1. The quantitative estimate of drug-likeness (QED) is 0.345. The van der Waals surface area contributed by atoms with Crippen molar-refractivity contribution in [3.05, 3.63) is 34.9 Å².